The van der Waals surface area contributed by atoms with Crippen molar-refractivity contribution in [1.82, 2.24) is 20.1 Å². The molecule has 0 aromatic carbocycles. The van der Waals surface area contributed by atoms with Crippen molar-refractivity contribution in [1.29, 1.82) is 0 Å². The first-order valence-corrected chi connectivity index (χ1v) is 7.83. The first kappa shape index (κ1) is 15.1. The van der Waals surface area contributed by atoms with Crippen molar-refractivity contribution in [2.45, 2.75) is 6.54 Å². The Morgan fingerprint density at radius 1 is 1.26 bits per heavy atom. The zero-order valence-corrected chi connectivity index (χ0v) is 13.2. The van der Waals surface area contributed by atoms with Crippen LogP contribution in [0.5, 0.6) is 0 Å². The number of nitrogens with zero attached hydrogens (tertiary/aromatic N) is 3. The van der Waals surface area contributed by atoms with Gasteiger partial charge in [-0.3, -0.25) is 14.6 Å². The number of pyridine rings is 1. The highest BCUT2D eigenvalue weighted by molar-refractivity contribution is 7.13. The van der Waals surface area contributed by atoms with Crippen LogP contribution in [0, 0.1) is 0 Å². The Hall–Kier alpha value is -2.80. The molecule has 0 aliphatic heterocycles. The molecule has 3 aromatic heterocycles. The number of nitrogens with one attached hydrogen (secondary N) is 1. The fraction of sp³-hybridized carbons (Fsp3) is 0.125. The van der Waals surface area contributed by atoms with Gasteiger partial charge in [0, 0.05) is 25.9 Å². The summed E-state index contributed by atoms with van der Waals surface area (Å²) in [6.45, 7) is 0.338. The van der Waals surface area contributed by atoms with Gasteiger partial charge in [-0.2, -0.15) is 5.10 Å². The van der Waals surface area contributed by atoms with Crippen LogP contribution < -0.4 is 10.9 Å². The van der Waals surface area contributed by atoms with Crippen molar-refractivity contribution in [3.63, 3.8) is 0 Å². The number of aryl methyl sites for hydroxylation is 1. The second kappa shape index (κ2) is 6.53. The lowest BCUT2D eigenvalue weighted by molar-refractivity contribution is 0.0943. The van der Waals surface area contributed by atoms with Gasteiger partial charge in [0.15, 0.2) is 0 Å². The van der Waals surface area contributed by atoms with Crippen LogP contribution in [0.25, 0.3) is 10.6 Å². The van der Waals surface area contributed by atoms with Crippen LogP contribution in [0.3, 0.4) is 0 Å². The third kappa shape index (κ3) is 3.35. The molecule has 0 unspecified atom stereocenters. The van der Waals surface area contributed by atoms with E-state index in [1.54, 1.807) is 17.5 Å². The second-order valence-electron chi connectivity index (χ2n) is 4.85. The lowest BCUT2D eigenvalue weighted by atomic mass is 10.1. The molecule has 1 N–H and O–H groups in total. The van der Waals surface area contributed by atoms with Gasteiger partial charge in [-0.25, -0.2) is 4.68 Å². The van der Waals surface area contributed by atoms with Crippen LogP contribution >= 0.6 is 11.3 Å². The summed E-state index contributed by atoms with van der Waals surface area (Å²) in [5.41, 5.74) is 1.73. The van der Waals surface area contributed by atoms with Gasteiger partial charge in [0.25, 0.3) is 11.5 Å². The molecule has 0 bridgehead atoms. The zero-order chi connectivity index (χ0) is 16.2. The normalized spacial score (nSPS) is 10.5. The molecular weight excluding hydrogens is 312 g/mol. The molecule has 3 aromatic rings. The van der Waals surface area contributed by atoms with Crippen LogP contribution in [0.1, 0.15) is 16.1 Å². The smallest absolute Gasteiger partial charge is 0.271 e. The summed E-state index contributed by atoms with van der Waals surface area (Å²) in [5.74, 6) is -0.332. The average Bonchev–Trinajstić information content (AvgIpc) is 3.10. The minimum atomic E-state index is -0.332. The Morgan fingerprint density at radius 3 is 2.87 bits per heavy atom. The van der Waals surface area contributed by atoms with Gasteiger partial charge in [0.1, 0.15) is 5.69 Å². The van der Waals surface area contributed by atoms with E-state index in [1.807, 2.05) is 29.6 Å². The number of hydrogen-bond donors (Lipinski definition) is 1. The molecule has 0 aliphatic carbocycles. The van der Waals surface area contributed by atoms with Gasteiger partial charge in [0.2, 0.25) is 0 Å². The number of amides is 1. The fourth-order valence-electron chi connectivity index (χ4n) is 2.11. The molecule has 0 radical (unpaired) electrons. The maximum Gasteiger partial charge on any atom is 0.271 e. The van der Waals surface area contributed by atoms with Crippen molar-refractivity contribution < 1.29 is 4.79 Å². The monoisotopic (exact) mass is 326 g/mol. The van der Waals surface area contributed by atoms with Crippen molar-refractivity contribution in [2.24, 2.45) is 7.05 Å². The quantitative estimate of drug-likeness (QED) is 0.793. The van der Waals surface area contributed by atoms with E-state index in [9.17, 15) is 9.59 Å². The SMILES string of the molecule is Cn1nc(C(=O)NCc2cccnc2-c2cccs2)ccc1=O. The lowest BCUT2D eigenvalue weighted by Crippen LogP contribution is -2.28. The standard InChI is InChI=1S/C16H14N4O2S/c1-20-14(21)7-6-12(19-20)16(22)18-10-11-4-2-8-17-15(11)13-5-3-9-23-13/h2-9H,10H2,1H3,(H,18,22). The summed E-state index contributed by atoms with van der Waals surface area (Å²) in [4.78, 5) is 28.9. The molecule has 0 saturated heterocycles. The molecule has 3 heterocycles. The van der Waals surface area contributed by atoms with Crippen molar-refractivity contribution >= 4 is 17.2 Å². The van der Waals surface area contributed by atoms with Gasteiger partial charge in [-0.05, 0) is 29.1 Å². The highest BCUT2D eigenvalue weighted by Crippen LogP contribution is 2.25. The van der Waals surface area contributed by atoms with Crippen LogP contribution in [0.15, 0.2) is 52.8 Å². The molecule has 3 rings (SSSR count). The van der Waals surface area contributed by atoms with Crippen molar-refractivity contribution in [3.8, 4) is 10.6 Å². The summed E-state index contributed by atoms with van der Waals surface area (Å²) in [5, 5.41) is 8.73. The summed E-state index contributed by atoms with van der Waals surface area (Å²) < 4.78 is 1.13. The maximum absolute atomic E-state index is 12.2. The minimum absolute atomic E-state index is 0.202. The number of hydrogen-bond acceptors (Lipinski definition) is 5. The fourth-order valence-corrected chi connectivity index (χ4v) is 2.86. The molecule has 0 spiro atoms. The third-order valence-corrected chi connectivity index (χ3v) is 4.15. The summed E-state index contributed by atoms with van der Waals surface area (Å²) in [6, 6.07) is 10.5. The van der Waals surface area contributed by atoms with E-state index in [2.05, 4.69) is 15.4 Å². The van der Waals surface area contributed by atoms with E-state index in [0.717, 1.165) is 20.8 Å². The number of carbonyl (C=O) groups is 1. The molecule has 0 fully saturated rings. The highest BCUT2D eigenvalue weighted by Gasteiger charge is 2.11. The van der Waals surface area contributed by atoms with Gasteiger partial charge >= 0.3 is 0 Å². The van der Waals surface area contributed by atoms with Crippen LogP contribution in [-0.4, -0.2) is 20.7 Å². The number of thiophene rings is 1. The summed E-state index contributed by atoms with van der Waals surface area (Å²) in [7, 11) is 1.51. The molecule has 23 heavy (non-hydrogen) atoms. The maximum atomic E-state index is 12.2. The van der Waals surface area contributed by atoms with Gasteiger partial charge in [-0.1, -0.05) is 12.1 Å². The van der Waals surface area contributed by atoms with Gasteiger partial charge in [-0.15, -0.1) is 11.3 Å². The molecule has 7 heteroatoms. The van der Waals surface area contributed by atoms with E-state index in [4.69, 9.17) is 0 Å². The Morgan fingerprint density at radius 2 is 2.13 bits per heavy atom. The number of aromatic nitrogens is 3. The lowest BCUT2D eigenvalue weighted by Gasteiger charge is -2.08. The third-order valence-electron chi connectivity index (χ3n) is 3.28. The molecule has 0 saturated carbocycles. The Kier molecular flexibility index (Phi) is 4.29. The van der Waals surface area contributed by atoms with Gasteiger partial charge in [0.05, 0.1) is 10.6 Å². The molecule has 1 amide bonds. The second-order valence-corrected chi connectivity index (χ2v) is 5.80. The van der Waals surface area contributed by atoms with Gasteiger partial charge < -0.3 is 5.32 Å². The van der Waals surface area contributed by atoms with Crippen molar-refractivity contribution in [3.05, 3.63) is 69.6 Å². The topological polar surface area (TPSA) is 76.9 Å². The molecule has 6 nitrogen and oxygen atoms in total. The first-order chi connectivity index (χ1) is 11.1. The predicted octanol–water partition coefficient (Wildman–Crippen LogP) is 1.83. The molecule has 0 atom stereocenters. The summed E-state index contributed by atoms with van der Waals surface area (Å²) >= 11 is 1.60. The number of carbonyl (C=O) groups excluding carboxylic acids is 1. The Balaban J connectivity index is 1.77. The van der Waals surface area contributed by atoms with Crippen LogP contribution in [0.4, 0.5) is 0 Å². The van der Waals surface area contributed by atoms with E-state index >= 15 is 0 Å². The Bertz CT molecular complexity index is 887. The summed E-state index contributed by atoms with van der Waals surface area (Å²) in [6.07, 6.45) is 1.73. The van der Waals surface area contributed by atoms with Crippen molar-refractivity contribution in [2.75, 3.05) is 0 Å². The number of rotatable bonds is 4. The predicted molar refractivity (Wildman–Crippen MR) is 88.2 cm³/mol. The first-order valence-electron chi connectivity index (χ1n) is 6.95. The van der Waals surface area contributed by atoms with Crippen LogP contribution in [0.2, 0.25) is 0 Å². The molecular formula is C16H14N4O2S. The zero-order valence-electron chi connectivity index (χ0n) is 12.4. The molecule has 0 aliphatic rings. The van der Waals surface area contributed by atoms with E-state index in [0.29, 0.717) is 6.54 Å². The average molecular weight is 326 g/mol. The van der Waals surface area contributed by atoms with E-state index in [-0.39, 0.29) is 17.2 Å². The largest absolute Gasteiger partial charge is 0.346 e. The highest BCUT2D eigenvalue weighted by atomic mass is 32.1. The molecule has 116 valence electrons. The van der Waals surface area contributed by atoms with Crippen LogP contribution in [-0.2, 0) is 13.6 Å². The van der Waals surface area contributed by atoms with E-state index < -0.39 is 0 Å². The minimum Gasteiger partial charge on any atom is -0.346 e. The Labute approximate surface area is 136 Å². The van der Waals surface area contributed by atoms with E-state index in [1.165, 1.54) is 19.2 Å².